The minimum Gasteiger partial charge on any atom is -0.465 e. The molecule has 2 aromatic heterocycles. The molecule has 0 aromatic carbocycles. The highest BCUT2D eigenvalue weighted by molar-refractivity contribution is 8.00. The second kappa shape index (κ2) is 5.98. The van der Waals surface area contributed by atoms with Crippen LogP contribution in [0.15, 0.2) is 21.6 Å². The molecular formula is C11H12N4O2S2. The Labute approximate surface area is 118 Å². The van der Waals surface area contributed by atoms with Gasteiger partial charge in [0.15, 0.2) is 4.34 Å². The average Bonchev–Trinajstić information content (AvgIpc) is 2.87. The molecule has 19 heavy (non-hydrogen) atoms. The van der Waals surface area contributed by atoms with E-state index in [4.69, 9.17) is 5.73 Å². The molecule has 100 valence electrons. The molecule has 0 aliphatic carbocycles. The van der Waals surface area contributed by atoms with Crippen LogP contribution in [-0.4, -0.2) is 27.4 Å². The van der Waals surface area contributed by atoms with Crippen LogP contribution in [0.4, 0.5) is 5.69 Å². The highest BCUT2D eigenvalue weighted by Gasteiger charge is 2.13. The van der Waals surface area contributed by atoms with E-state index < -0.39 is 5.97 Å². The fourth-order valence-electron chi connectivity index (χ4n) is 1.30. The Kier molecular flexibility index (Phi) is 4.33. The van der Waals surface area contributed by atoms with E-state index in [1.54, 1.807) is 6.07 Å². The van der Waals surface area contributed by atoms with Gasteiger partial charge in [-0.25, -0.2) is 14.8 Å². The lowest BCUT2D eigenvalue weighted by Crippen LogP contribution is -2.06. The lowest BCUT2D eigenvalue weighted by atomic mass is 10.2. The van der Waals surface area contributed by atoms with E-state index in [0.717, 1.165) is 16.6 Å². The van der Waals surface area contributed by atoms with Gasteiger partial charge >= 0.3 is 5.97 Å². The summed E-state index contributed by atoms with van der Waals surface area (Å²) in [6.07, 6.45) is 2.23. The van der Waals surface area contributed by atoms with Gasteiger partial charge in [0.1, 0.15) is 10.9 Å². The summed E-state index contributed by atoms with van der Waals surface area (Å²) >= 11 is 2.65. The zero-order valence-electron chi connectivity index (χ0n) is 10.4. The van der Waals surface area contributed by atoms with Gasteiger partial charge in [0.05, 0.1) is 24.6 Å². The second-order valence-electron chi connectivity index (χ2n) is 3.53. The van der Waals surface area contributed by atoms with Crippen molar-refractivity contribution in [2.45, 2.75) is 22.7 Å². The summed E-state index contributed by atoms with van der Waals surface area (Å²) in [6, 6.07) is 1.60. The fraction of sp³-hybridized carbons (Fsp3) is 0.273. The molecule has 0 aliphatic heterocycles. The molecule has 0 radical (unpaired) electrons. The molecule has 2 N–H and O–H groups in total. The van der Waals surface area contributed by atoms with Gasteiger partial charge in [-0.1, -0.05) is 6.92 Å². The maximum atomic E-state index is 11.5. The number of nitrogens with zero attached hydrogens (tertiary/aromatic N) is 3. The summed E-state index contributed by atoms with van der Waals surface area (Å²) in [4.78, 5) is 20.0. The van der Waals surface area contributed by atoms with Crippen LogP contribution in [0, 0.1) is 0 Å². The van der Waals surface area contributed by atoms with Gasteiger partial charge in [0.2, 0.25) is 0 Å². The number of nitrogen functional groups attached to an aromatic ring is 1. The van der Waals surface area contributed by atoms with Crippen molar-refractivity contribution in [1.82, 2.24) is 14.3 Å². The van der Waals surface area contributed by atoms with Crippen molar-refractivity contribution in [2.75, 3.05) is 12.8 Å². The van der Waals surface area contributed by atoms with E-state index >= 15 is 0 Å². The minimum absolute atomic E-state index is 0.294. The topological polar surface area (TPSA) is 91.0 Å². The number of esters is 1. The van der Waals surface area contributed by atoms with E-state index in [-0.39, 0.29) is 0 Å². The molecule has 0 fully saturated rings. The zero-order valence-corrected chi connectivity index (χ0v) is 12.0. The van der Waals surface area contributed by atoms with Gasteiger partial charge in [0, 0.05) is 6.42 Å². The van der Waals surface area contributed by atoms with Crippen LogP contribution in [0.25, 0.3) is 0 Å². The van der Waals surface area contributed by atoms with Gasteiger partial charge in [0.25, 0.3) is 0 Å². The Morgan fingerprint density at radius 3 is 3.00 bits per heavy atom. The standard InChI is InChI=1S/C11H12N4O2S2/c1-3-8-14-11(19-15-8)18-9-4-6(10(16)17-2)7(12)5-13-9/h4-5H,3,12H2,1-2H3. The van der Waals surface area contributed by atoms with Crippen molar-refractivity contribution in [3.63, 3.8) is 0 Å². The Hall–Kier alpha value is -1.67. The number of methoxy groups -OCH3 is 1. The normalized spacial score (nSPS) is 10.4. The van der Waals surface area contributed by atoms with E-state index in [1.165, 1.54) is 36.6 Å². The maximum absolute atomic E-state index is 11.5. The largest absolute Gasteiger partial charge is 0.465 e. The van der Waals surface area contributed by atoms with Gasteiger partial charge in [-0.3, -0.25) is 0 Å². The molecule has 0 unspecified atom stereocenters. The zero-order chi connectivity index (χ0) is 13.8. The quantitative estimate of drug-likeness (QED) is 0.863. The molecule has 0 bridgehead atoms. The van der Waals surface area contributed by atoms with Crippen molar-refractivity contribution in [1.29, 1.82) is 0 Å². The Morgan fingerprint density at radius 1 is 1.58 bits per heavy atom. The monoisotopic (exact) mass is 296 g/mol. The Bertz CT molecular complexity index is 600. The highest BCUT2D eigenvalue weighted by atomic mass is 32.2. The lowest BCUT2D eigenvalue weighted by molar-refractivity contribution is 0.0601. The molecule has 2 rings (SSSR count). The van der Waals surface area contributed by atoms with E-state index in [1.807, 2.05) is 6.92 Å². The minimum atomic E-state index is -0.478. The summed E-state index contributed by atoms with van der Waals surface area (Å²) < 4.78 is 9.63. The third-order valence-corrected chi connectivity index (χ3v) is 3.99. The molecule has 0 atom stereocenters. The van der Waals surface area contributed by atoms with Crippen LogP contribution >= 0.6 is 23.3 Å². The summed E-state index contributed by atoms with van der Waals surface area (Å²) in [5.74, 6) is 0.324. The number of aromatic nitrogens is 3. The fourth-order valence-corrected chi connectivity index (χ4v) is 2.93. The van der Waals surface area contributed by atoms with Crippen molar-refractivity contribution >= 4 is 35.0 Å². The number of carbonyl (C=O) groups is 1. The van der Waals surface area contributed by atoms with Crippen LogP contribution in [0.1, 0.15) is 23.1 Å². The van der Waals surface area contributed by atoms with Crippen LogP contribution in [-0.2, 0) is 11.2 Å². The molecule has 8 heteroatoms. The van der Waals surface area contributed by atoms with E-state index in [0.29, 0.717) is 16.3 Å². The SMILES string of the molecule is CCc1nsc(Sc2cc(C(=O)OC)c(N)cn2)n1. The summed E-state index contributed by atoms with van der Waals surface area (Å²) in [5, 5.41) is 0.633. The number of nitrogens with two attached hydrogens (primary N) is 1. The number of anilines is 1. The number of hydrogen-bond donors (Lipinski definition) is 1. The molecule has 6 nitrogen and oxygen atoms in total. The summed E-state index contributed by atoms with van der Waals surface area (Å²) in [5.41, 5.74) is 6.29. The molecule has 0 aliphatic rings. The number of carbonyl (C=O) groups excluding carboxylic acids is 1. The first-order chi connectivity index (χ1) is 9.13. The van der Waals surface area contributed by atoms with Crippen LogP contribution in [0.2, 0.25) is 0 Å². The number of rotatable bonds is 4. The predicted molar refractivity (Wildman–Crippen MR) is 73.4 cm³/mol. The molecular weight excluding hydrogens is 284 g/mol. The van der Waals surface area contributed by atoms with Crippen molar-refractivity contribution < 1.29 is 9.53 Å². The molecule has 0 spiro atoms. The molecule has 2 aromatic rings. The van der Waals surface area contributed by atoms with Crippen LogP contribution in [0.5, 0.6) is 0 Å². The van der Waals surface area contributed by atoms with Crippen molar-refractivity contribution in [3.05, 3.63) is 23.7 Å². The number of hydrogen-bond acceptors (Lipinski definition) is 8. The third kappa shape index (κ3) is 3.21. The van der Waals surface area contributed by atoms with Crippen molar-refractivity contribution in [3.8, 4) is 0 Å². The number of pyridine rings is 1. The van der Waals surface area contributed by atoms with E-state index in [2.05, 4.69) is 19.1 Å². The van der Waals surface area contributed by atoms with Crippen LogP contribution < -0.4 is 5.73 Å². The summed E-state index contributed by atoms with van der Waals surface area (Å²) in [6.45, 7) is 1.99. The van der Waals surface area contributed by atoms with Crippen LogP contribution in [0.3, 0.4) is 0 Å². The molecule has 2 heterocycles. The lowest BCUT2D eigenvalue weighted by Gasteiger charge is -2.04. The first-order valence-electron chi connectivity index (χ1n) is 5.48. The molecule has 0 saturated carbocycles. The van der Waals surface area contributed by atoms with Gasteiger partial charge in [-0.15, -0.1) is 0 Å². The smallest absolute Gasteiger partial charge is 0.340 e. The van der Waals surface area contributed by atoms with Crippen molar-refractivity contribution in [2.24, 2.45) is 0 Å². The van der Waals surface area contributed by atoms with Gasteiger partial charge in [-0.2, -0.15) is 4.37 Å². The second-order valence-corrected chi connectivity index (χ2v) is 5.55. The Morgan fingerprint density at radius 2 is 2.37 bits per heavy atom. The Balaban J connectivity index is 2.23. The number of aryl methyl sites for hydroxylation is 1. The maximum Gasteiger partial charge on any atom is 0.340 e. The van der Waals surface area contributed by atoms with E-state index in [9.17, 15) is 4.79 Å². The number of ether oxygens (including phenoxy) is 1. The average molecular weight is 296 g/mol. The first-order valence-corrected chi connectivity index (χ1v) is 7.07. The molecule has 0 amide bonds. The third-order valence-electron chi connectivity index (χ3n) is 2.27. The highest BCUT2D eigenvalue weighted by Crippen LogP contribution is 2.29. The van der Waals surface area contributed by atoms with Gasteiger partial charge < -0.3 is 10.5 Å². The van der Waals surface area contributed by atoms with Gasteiger partial charge in [-0.05, 0) is 29.4 Å². The molecule has 0 saturated heterocycles. The first kappa shape index (κ1) is 13.8. The summed E-state index contributed by atoms with van der Waals surface area (Å²) in [7, 11) is 1.31. The predicted octanol–water partition coefficient (Wildman–Crippen LogP) is 2.02.